The fourth-order valence-electron chi connectivity index (χ4n) is 6.25. The standard InChI is InChI=1S/C21H26N4O/c1-22-18(26)13-25-19(17-5-3-2-4-6-17)23-24-20(25)21-10-14-7-15(11-21)9-16(8-14)12-21/h2-6,14-16H,7-13H2,1H3,(H,22,26). The number of nitrogens with zero attached hydrogens (tertiary/aromatic N) is 3. The van der Waals surface area contributed by atoms with Crippen LogP contribution in [0.1, 0.15) is 44.3 Å². The average molecular weight is 350 g/mol. The molecule has 4 fully saturated rings. The van der Waals surface area contributed by atoms with Crippen molar-refractivity contribution in [2.75, 3.05) is 7.05 Å². The molecule has 0 saturated heterocycles. The molecule has 1 aromatic heterocycles. The van der Waals surface area contributed by atoms with Gasteiger partial charge >= 0.3 is 0 Å². The van der Waals surface area contributed by atoms with Crippen LogP contribution in [0.15, 0.2) is 30.3 Å². The van der Waals surface area contributed by atoms with E-state index in [0.717, 1.165) is 35.0 Å². The first-order chi connectivity index (χ1) is 12.7. The highest BCUT2D eigenvalue weighted by Crippen LogP contribution is 2.60. The maximum atomic E-state index is 12.3. The molecule has 1 aromatic carbocycles. The van der Waals surface area contributed by atoms with E-state index in [4.69, 9.17) is 5.10 Å². The minimum Gasteiger partial charge on any atom is -0.358 e. The van der Waals surface area contributed by atoms with E-state index in [1.54, 1.807) is 7.05 Å². The van der Waals surface area contributed by atoms with E-state index in [1.165, 1.54) is 38.5 Å². The number of hydrogen-bond acceptors (Lipinski definition) is 3. The number of benzene rings is 1. The lowest BCUT2D eigenvalue weighted by Gasteiger charge is -2.56. The fourth-order valence-corrected chi connectivity index (χ4v) is 6.25. The van der Waals surface area contributed by atoms with Gasteiger partial charge in [-0.25, -0.2) is 0 Å². The van der Waals surface area contributed by atoms with E-state index in [1.807, 2.05) is 30.3 Å². The Labute approximate surface area is 154 Å². The molecule has 0 atom stereocenters. The lowest BCUT2D eigenvalue weighted by atomic mass is 9.49. The molecule has 1 N–H and O–H groups in total. The van der Waals surface area contributed by atoms with Crippen LogP contribution in [-0.4, -0.2) is 27.7 Å². The SMILES string of the molecule is CNC(=O)Cn1c(-c2ccccc2)nnc1C12CC3CC(CC(C3)C1)C2. The molecule has 5 heteroatoms. The van der Waals surface area contributed by atoms with Crippen molar-refractivity contribution in [1.82, 2.24) is 20.1 Å². The maximum Gasteiger partial charge on any atom is 0.239 e. The van der Waals surface area contributed by atoms with E-state index in [2.05, 4.69) is 15.0 Å². The minimum atomic E-state index is 0.00737. The van der Waals surface area contributed by atoms with Gasteiger partial charge in [0.2, 0.25) is 5.91 Å². The van der Waals surface area contributed by atoms with Crippen LogP contribution in [0, 0.1) is 17.8 Å². The molecule has 0 spiro atoms. The van der Waals surface area contributed by atoms with Crippen molar-refractivity contribution in [1.29, 1.82) is 0 Å². The van der Waals surface area contributed by atoms with Crippen molar-refractivity contribution >= 4 is 5.91 Å². The van der Waals surface area contributed by atoms with Crippen LogP contribution >= 0.6 is 0 Å². The van der Waals surface area contributed by atoms with Gasteiger partial charge in [-0.1, -0.05) is 30.3 Å². The highest BCUT2D eigenvalue weighted by Gasteiger charge is 2.54. The van der Waals surface area contributed by atoms with Crippen LogP contribution in [0.4, 0.5) is 0 Å². The van der Waals surface area contributed by atoms with Crippen LogP contribution in [-0.2, 0) is 16.8 Å². The minimum absolute atomic E-state index is 0.00737. The Morgan fingerprint density at radius 3 is 2.27 bits per heavy atom. The smallest absolute Gasteiger partial charge is 0.239 e. The van der Waals surface area contributed by atoms with Crippen LogP contribution in [0.3, 0.4) is 0 Å². The van der Waals surface area contributed by atoms with Gasteiger partial charge in [0.15, 0.2) is 5.82 Å². The first kappa shape index (κ1) is 16.0. The third-order valence-corrected chi connectivity index (χ3v) is 6.88. The van der Waals surface area contributed by atoms with E-state index >= 15 is 0 Å². The monoisotopic (exact) mass is 350 g/mol. The predicted molar refractivity (Wildman–Crippen MR) is 99.4 cm³/mol. The molecule has 2 aromatic rings. The van der Waals surface area contributed by atoms with Gasteiger partial charge in [-0.3, -0.25) is 4.79 Å². The topological polar surface area (TPSA) is 59.8 Å². The van der Waals surface area contributed by atoms with Crippen LogP contribution in [0.5, 0.6) is 0 Å². The second kappa shape index (κ2) is 5.93. The van der Waals surface area contributed by atoms with Crippen LogP contribution in [0.25, 0.3) is 11.4 Å². The third kappa shape index (κ3) is 2.48. The lowest BCUT2D eigenvalue weighted by Crippen LogP contribution is -2.50. The second-order valence-corrected chi connectivity index (χ2v) is 8.67. The summed E-state index contributed by atoms with van der Waals surface area (Å²) in [5, 5.41) is 12.0. The Morgan fingerprint density at radius 1 is 1.08 bits per heavy atom. The molecular formula is C21H26N4O. The van der Waals surface area contributed by atoms with E-state index < -0.39 is 0 Å². The molecule has 0 radical (unpaired) electrons. The summed E-state index contributed by atoms with van der Waals surface area (Å²) < 4.78 is 2.10. The zero-order chi connectivity index (χ0) is 17.7. The number of amides is 1. The second-order valence-electron chi connectivity index (χ2n) is 8.67. The lowest BCUT2D eigenvalue weighted by molar-refractivity contribution is -0.121. The van der Waals surface area contributed by atoms with Gasteiger partial charge in [0.1, 0.15) is 12.4 Å². The summed E-state index contributed by atoms with van der Waals surface area (Å²) in [6.07, 6.45) is 7.86. The van der Waals surface area contributed by atoms with Crippen LogP contribution < -0.4 is 5.32 Å². The first-order valence-corrected chi connectivity index (χ1v) is 9.86. The summed E-state index contributed by atoms with van der Waals surface area (Å²) in [6.45, 7) is 0.296. The van der Waals surface area contributed by atoms with Gasteiger partial charge < -0.3 is 9.88 Å². The summed E-state index contributed by atoms with van der Waals surface area (Å²) in [4.78, 5) is 12.3. The Balaban J connectivity index is 1.61. The Bertz CT molecular complexity index is 791. The normalized spacial score (nSPS) is 32.0. The van der Waals surface area contributed by atoms with Gasteiger partial charge in [0.25, 0.3) is 0 Å². The molecule has 4 bridgehead atoms. The summed E-state index contributed by atoms with van der Waals surface area (Å²) in [5.74, 6) is 4.40. The molecule has 4 aliphatic carbocycles. The molecule has 4 aliphatic rings. The van der Waals surface area contributed by atoms with Crippen molar-refractivity contribution in [3.05, 3.63) is 36.2 Å². The van der Waals surface area contributed by atoms with E-state index in [0.29, 0.717) is 6.54 Å². The molecule has 4 saturated carbocycles. The van der Waals surface area contributed by atoms with Crippen molar-refractivity contribution in [3.8, 4) is 11.4 Å². The number of rotatable bonds is 4. The number of likely N-dealkylation sites (N-methyl/N-ethyl adjacent to an activating group) is 1. The highest BCUT2D eigenvalue weighted by atomic mass is 16.1. The van der Waals surface area contributed by atoms with Crippen molar-refractivity contribution in [2.24, 2.45) is 17.8 Å². The van der Waals surface area contributed by atoms with E-state index in [-0.39, 0.29) is 11.3 Å². The first-order valence-electron chi connectivity index (χ1n) is 9.86. The number of carbonyl (C=O) groups is 1. The molecule has 136 valence electrons. The van der Waals surface area contributed by atoms with Crippen molar-refractivity contribution in [3.63, 3.8) is 0 Å². The number of hydrogen-bond donors (Lipinski definition) is 1. The van der Waals surface area contributed by atoms with E-state index in [9.17, 15) is 4.79 Å². The molecule has 1 amide bonds. The zero-order valence-electron chi connectivity index (χ0n) is 15.3. The summed E-state index contributed by atoms with van der Waals surface area (Å²) >= 11 is 0. The molecule has 26 heavy (non-hydrogen) atoms. The number of aromatic nitrogens is 3. The number of carbonyl (C=O) groups excluding carboxylic acids is 1. The van der Waals surface area contributed by atoms with Crippen molar-refractivity contribution in [2.45, 2.75) is 50.5 Å². The maximum absolute atomic E-state index is 12.3. The quantitative estimate of drug-likeness (QED) is 0.921. The third-order valence-electron chi connectivity index (χ3n) is 6.88. The Morgan fingerprint density at radius 2 is 1.69 bits per heavy atom. The fraction of sp³-hybridized carbons (Fsp3) is 0.571. The number of nitrogens with one attached hydrogen (secondary N) is 1. The summed E-state index contributed by atoms with van der Waals surface area (Å²) in [7, 11) is 1.69. The van der Waals surface area contributed by atoms with Crippen LogP contribution in [0.2, 0.25) is 0 Å². The summed E-state index contributed by atoms with van der Waals surface area (Å²) in [5.41, 5.74) is 1.16. The summed E-state index contributed by atoms with van der Waals surface area (Å²) in [6, 6.07) is 10.1. The molecular weight excluding hydrogens is 324 g/mol. The van der Waals surface area contributed by atoms with Gasteiger partial charge in [-0.05, 0) is 56.3 Å². The van der Waals surface area contributed by atoms with Gasteiger partial charge in [-0.15, -0.1) is 10.2 Å². The van der Waals surface area contributed by atoms with Gasteiger partial charge in [0.05, 0.1) is 0 Å². The Hall–Kier alpha value is -2.17. The Kier molecular flexibility index (Phi) is 3.66. The average Bonchev–Trinajstić information content (AvgIpc) is 3.05. The molecule has 0 aliphatic heterocycles. The molecule has 1 heterocycles. The molecule has 0 unspecified atom stereocenters. The predicted octanol–water partition coefficient (Wildman–Crippen LogP) is 3.16. The largest absolute Gasteiger partial charge is 0.358 e. The van der Waals surface area contributed by atoms with Crippen molar-refractivity contribution < 1.29 is 4.79 Å². The zero-order valence-corrected chi connectivity index (χ0v) is 15.3. The molecule has 5 nitrogen and oxygen atoms in total. The van der Waals surface area contributed by atoms with Gasteiger partial charge in [0, 0.05) is 18.0 Å². The highest BCUT2D eigenvalue weighted by molar-refractivity contribution is 5.76. The molecule has 6 rings (SSSR count). The van der Waals surface area contributed by atoms with Gasteiger partial charge in [-0.2, -0.15) is 0 Å².